The first-order valence-corrected chi connectivity index (χ1v) is 7.96. The largest absolute Gasteiger partial charge is 0.480 e. The molecule has 1 saturated heterocycles. The summed E-state index contributed by atoms with van der Waals surface area (Å²) in [5.74, 6) is 0.637. The summed E-state index contributed by atoms with van der Waals surface area (Å²) in [6.07, 6.45) is 3.55. The SMILES string of the molecule is Cc1nn(C)c(C)c1OCC(=O)N1CCOC(c2cnn(C)c2)C1. The average Bonchev–Trinajstić information content (AvgIpc) is 3.10. The van der Waals surface area contributed by atoms with Gasteiger partial charge in [-0.25, -0.2) is 0 Å². The third-order valence-electron chi connectivity index (χ3n) is 4.30. The Morgan fingerprint density at radius 1 is 1.42 bits per heavy atom. The zero-order valence-corrected chi connectivity index (χ0v) is 14.5. The molecule has 0 N–H and O–H groups in total. The van der Waals surface area contributed by atoms with Gasteiger partial charge in [-0.05, 0) is 13.8 Å². The van der Waals surface area contributed by atoms with Crippen LogP contribution in [0, 0.1) is 13.8 Å². The van der Waals surface area contributed by atoms with Gasteiger partial charge in [0, 0.05) is 32.4 Å². The maximum Gasteiger partial charge on any atom is 0.260 e. The standard InChI is InChI=1S/C16H23N5O3/c1-11-16(12(2)20(4)18-11)24-10-15(22)21-5-6-23-14(9-21)13-7-17-19(3)8-13/h7-8,14H,5-6,9-10H2,1-4H3. The second kappa shape index (κ2) is 6.64. The Kier molecular flexibility index (Phi) is 4.57. The fourth-order valence-electron chi connectivity index (χ4n) is 2.87. The zero-order chi connectivity index (χ0) is 17.3. The number of ether oxygens (including phenoxy) is 2. The lowest BCUT2D eigenvalue weighted by Crippen LogP contribution is -2.44. The van der Waals surface area contributed by atoms with Crippen molar-refractivity contribution in [3.8, 4) is 5.75 Å². The highest BCUT2D eigenvalue weighted by atomic mass is 16.5. The molecule has 130 valence electrons. The third kappa shape index (κ3) is 3.28. The lowest BCUT2D eigenvalue weighted by molar-refractivity contribution is -0.141. The molecule has 1 atom stereocenters. The van der Waals surface area contributed by atoms with Crippen LogP contribution in [0.4, 0.5) is 0 Å². The van der Waals surface area contributed by atoms with E-state index >= 15 is 0 Å². The first-order valence-electron chi connectivity index (χ1n) is 7.96. The molecule has 0 aliphatic carbocycles. The van der Waals surface area contributed by atoms with Crippen LogP contribution in [0.25, 0.3) is 0 Å². The minimum Gasteiger partial charge on any atom is -0.480 e. The Bertz CT molecular complexity index is 736. The quantitative estimate of drug-likeness (QED) is 0.825. The van der Waals surface area contributed by atoms with Gasteiger partial charge in [-0.2, -0.15) is 10.2 Å². The van der Waals surface area contributed by atoms with Gasteiger partial charge >= 0.3 is 0 Å². The van der Waals surface area contributed by atoms with Gasteiger partial charge in [-0.3, -0.25) is 14.2 Å². The topological polar surface area (TPSA) is 74.4 Å². The molecular weight excluding hydrogens is 310 g/mol. The van der Waals surface area contributed by atoms with Crippen LogP contribution in [0.1, 0.15) is 23.1 Å². The van der Waals surface area contributed by atoms with Crippen molar-refractivity contribution in [2.24, 2.45) is 14.1 Å². The van der Waals surface area contributed by atoms with E-state index in [2.05, 4.69) is 10.2 Å². The van der Waals surface area contributed by atoms with Gasteiger partial charge in [0.25, 0.3) is 5.91 Å². The third-order valence-corrected chi connectivity index (χ3v) is 4.30. The molecule has 0 aromatic carbocycles. The predicted molar refractivity (Wildman–Crippen MR) is 86.7 cm³/mol. The average molecular weight is 333 g/mol. The first-order chi connectivity index (χ1) is 11.5. The van der Waals surface area contributed by atoms with Crippen LogP contribution < -0.4 is 4.74 Å². The number of carbonyl (C=O) groups is 1. The van der Waals surface area contributed by atoms with E-state index < -0.39 is 0 Å². The monoisotopic (exact) mass is 333 g/mol. The van der Waals surface area contributed by atoms with Crippen molar-refractivity contribution in [1.82, 2.24) is 24.5 Å². The fourth-order valence-corrected chi connectivity index (χ4v) is 2.87. The highest BCUT2D eigenvalue weighted by Gasteiger charge is 2.26. The van der Waals surface area contributed by atoms with Gasteiger partial charge < -0.3 is 14.4 Å². The molecule has 0 saturated carbocycles. The lowest BCUT2D eigenvalue weighted by Gasteiger charge is -2.32. The minimum absolute atomic E-state index is 0.00708. The molecular formula is C16H23N5O3. The number of hydrogen-bond donors (Lipinski definition) is 0. The predicted octanol–water partition coefficient (Wildman–Crippen LogP) is 0.749. The molecule has 1 amide bonds. The van der Waals surface area contributed by atoms with Crippen LogP contribution in [0.15, 0.2) is 12.4 Å². The number of amides is 1. The number of hydrogen-bond acceptors (Lipinski definition) is 5. The van der Waals surface area contributed by atoms with E-state index in [-0.39, 0.29) is 18.6 Å². The van der Waals surface area contributed by atoms with E-state index in [0.717, 1.165) is 17.0 Å². The van der Waals surface area contributed by atoms with E-state index in [1.807, 2.05) is 34.1 Å². The Labute approximate surface area is 140 Å². The van der Waals surface area contributed by atoms with Crippen molar-refractivity contribution in [3.05, 3.63) is 29.3 Å². The van der Waals surface area contributed by atoms with Gasteiger partial charge in [-0.15, -0.1) is 0 Å². The van der Waals surface area contributed by atoms with Crippen molar-refractivity contribution in [2.75, 3.05) is 26.3 Å². The molecule has 0 radical (unpaired) electrons. The van der Waals surface area contributed by atoms with E-state index in [9.17, 15) is 4.79 Å². The van der Waals surface area contributed by atoms with Crippen LogP contribution in [-0.2, 0) is 23.6 Å². The summed E-state index contributed by atoms with van der Waals surface area (Å²) in [7, 11) is 3.72. The van der Waals surface area contributed by atoms with Crippen molar-refractivity contribution in [2.45, 2.75) is 20.0 Å². The highest BCUT2D eigenvalue weighted by Crippen LogP contribution is 2.23. The Balaban J connectivity index is 1.60. The van der Waals surface area contributed by atoms with E-state index in [4.69, 9.17) is 9.47 Å². The van der Waals surface area contributed by atoms with Gasteiger partial charge in [0.1, 0.15) is 11.8 Å². The van der Waals surface area contributed by atoms with Crippen LogP contribution in [0.3, 0.4) is 0 Å². The van der Waals surface area contributed by atoms with Gasteiger partial charge in [-0.1, -0.05) is 0 Å². The highest BCUT2D eigenvalue weighted by molar-refractivity contribution is 5.78. The van der Waals surface area contributed by atoms with Crippen molar-refractivity contribution < 1.29 is 14.3 Å². The summed E-state index contributed by atoms with van der Waals surface area (Å²) in [5, 5.41) is 8.45. The second-order valence-electron chi connectivity index (χ2n) is 6.06. The molecule has 0 bridgehead atoms. The first kappa shape index (κ1) is 16.5. The second-order valence-corrected chi connectivity index (χ2v) is 6.06. The number of aryl methyl sites for hydroxylation is 3. The van der Waals surface area contributed by atoms with Crippen molar-refractivity contribution >= 4 is 5.91 Å². The molecule has 1 unspecified atom stereocenters. The molecule has 1 aliphatic rings. The van der Waals surface area contributed by atoms with Gasteiger partial charge in [0.2, 0.25) is 0 Å². The Hall–Kier alpha value is -2.35. The summed E-state index contributed by atoms with van der Waals surface area (Å²) in [6, 6.07) is 0. The van der Waals surface area contributed by atoms with Crippen LogP contribution >= 0.6 is 0 Å². The van der Waals surface area contributed by atoms with Gasteiger partial charge in [0.15, 0.2) is 12.4 Å². The molecule has 8 heteroatoms. The summed E-state index contributed by atoms with van der Waals surface area (Å²) in [4.78, 5) is 14.3. The number of nitrogens with zero attached hydrogens (tertiary/aromatic N) is 5. The molecule has 24 heavy (non-hydrogen) atoms. The number of carbonyl (C=O) groups excluding carboxylic acids is 1. The van der Waals surface area contributed by atoms with Crippen molar-refractivity contribution in [3.63, 3.8) is 0 Å². The molecule has 3 heterocycles. The smallest absolute Gasteiger partial charge is 0.260 e. The van der Waals surface area contributed by atoms with E-state index in [0.29, 0.717) is 25.4 Å². The van der Waals surface area contributed by atoms with E-state index in [1.165, 1.54) is 0 Å². The summed E-state index contributed by atoms with van der Waals surface area (Å²) in [5.41, 5.74) is 2.68. The maximum absolute atomic E-state index is 12.5. The van der Waals surface area contributed by atoms with E-state index in [1.54, 1.807) is 20.5 Å². The fraction of sp³-hybridized carbons (Fsp3) is 0.562. The maximum atomic E-state index is 12.5. The normalized spacial score (nSPS) is 18.0. The molecule has 0 spiro atoms. The molecule has 1 fully saturated rings. The lowest BCUT2D eigenvalue weighted by atomic mass is 10.1. The minimum atomic E-state index is -0.140. The molecule has 3 rings (SSSR count). The molecule has 2 aromatic rings. The summed E-state index contributed by atoms with van der Waals surface area (Å²) >= 11 is 0. The Morgan fingerprint density at radius 2 is 2.21 bits per heavy atom. The van der Waals surface area contributed by atoms with Crippen LogP contribution in [0.2, 0.25) is 0 Å². The van der Waals surface area contributed by atoms with Crippen LogP contribution in [0.5, 0.6) is 5.75 Å². The molecule has 2 aromatic heterocycles. The molecule has 1 aliphatic heterocycles. The Morgan fingerprint density at radius 3 is 2.83 bits per heavy atom. The number of morpholine rings is 1. The number of rotatable bonds is 4. The summed E-state index contributed by atoms with van der Waals surface area (Å²) < 4.78 is 15.0. The van der Waals surface area contributed by atoms with Gasteiger partial charge in [0.05, 0.1) is 25.0 Å². The zero-order valence-electron chi connectivity index (χ0n) is 14.5. The van der Waals surface area contributed by atoms with Crippen molar-refractivity contribution in [1.29, 1.82) is 0 Å². The number of aromatic nitrogens is 4. The summed E-state index contributed by atoms with van der Waals surface area (Å²) in [6.45, 7) is 5.40. The molecule has 8 nitrogen and oxygen atoms in total. The van der Waals surface area contributed by atoms with Crippen LogP contribution in [-0.4, -0.2) is 56.7 Å².